The molecule has 0 saturated heterocycles. The van der Waals surface area contributed by atoms with Crippen molar-refractivity contribution >= 4 is 29.0 Å². The van der Waals surface area contributed by atoms with Crippen LogP contribution >= 0.6 is 23.4 Å². The highest BCUT2D eigenvalue weighted by Crippen LogP contribution is 2.28. The summed E-state index contributed by atoms with van der Waals surface area (Å²) in [5.74, 6) is 2.19. The standard InChI is InChI=1S/C22H22ClN5OS/c1-4-10-28-21(16(3)29-18-8-9-19(23)15(2)12-18)25-26-22(28)30-14-17-13-27-11-6-5-7-20(27)24-17/h4-9,11-13,16H,1,10,14H2,2-3H3. The van der Waals surface area contributed by atoms with E-state index in [-0.39, 0.29) is 6.10 Å². The summed E-state index contributed by atoms with van der Waals surface area (Å²) in [5.41, 5.74) is 2.89. The molecule has 1 atom stereocenters. The van der Waals surface area contributed by atoms with Gasteiger partial charge in [-0.25, -0.2) is 4.98 Å². The second-order valence-corrected chi connectivity index (χ2v) is 8.25. The van der Waals surface area contributed by atoms with Crippen molar-refractivity contribution in [2.45, 2.75) is 37.4 Å². The summed E-state index contributed by atoms with van der Waals surface area (Å²) in [7, 11) is 0. The number of imidazole rings is 1. The minimum atomic E-state index is -0.275. The number of benzene rings is 1. The zero-order valence-corrected chi connectivity index (χ0v) is 18.4. The molecule has 0 spiro atoms. The molecule has 8 heteroatoms. The molecule has 0 aliphatic heterocycles. The Kier molecular flexibility index (Phi) is 6.11. The van der Waals surface area contributed by atoms with E-state index in [0.717, 1.165) is 38.7 Å². The lowest BCUT2D eigenvalue weighted by Gasteiger charge is -2.16. The van der Waals surface area contributed by atoms with Gasteiger partial charge in [0, 0.05) is 29.7 Å². The summed E-state index contributed by atoms with van der Waals surface area (Å²) < 4.78 is 10.1. The van der Waals surface area contributed by atoms with E-state index in [2.05, 4.69) is 21.8 Å². The number of thioether (sulfide) groups is 1. The number of fused-ring (bicyclic) bond motifs is 1. The summed E-state index contributed by atoms with van der Waals surface area (Å²) >= 11 is 7.71. The van der Waals surface area contributed by atoms with Gasteiger partial charge in [-0.1, -0.05) is 35.5 Å². The summed E-state index contributed by atoms with van der Waals surface area (Å²) in [6.45, 7) is 8.39. The maximum absolute atomic E-state index is 6.11. The Morgan fingerprint density at radius 1 is 1.27 bits per heavy atom. The summed E-state index contributed by atoms with van der Waals surface area (Å²) in [5, 5.41) is 10.3. The van der Waals surface area contributed by atoms with Gasteiger partial charge in [-0.15, -0.1) is 16.8 Å². The Morgan fingerprint density at radius 3 is 2.90 bits per heavy atom. The van der Waals surface area contributed by atoms with Gasteiger partial charge in [0.05, 0.1) is 5.69 Å². The molecule has 0 amide bonds. The third-order valence-electron chi connectivity index (χ3n) is 4.63. The van der Waals surface area contributed by atoms with Crippen molar-refractivity contribution in [1.82, 2.24) is 24.1 Å². The second-order valence-electron chi connectivity index (χ2n) is 6.90. The molecule has 1 unspecified atom stereocenters. The molecule has 3 heterocycles. The van der Waals surface area contributed by atoms with Gasteiger partial charge in [0.15, 0.2) is 17.1 Å². The Hall–Kier alpha value is -2.77. The van der Waals surface area contributed by atoms with Crippen LogP contribution in [-0.2, 0) is 12.3 Å². The molecule has 0 N–H and O–H groups in total. The maximum Gasteiger partial charge on any atom is 0.192 e. The molecule has 0 saturated carbocycles. The molecule has 30 heavy (non-hydrogen) atoms. The third kappa shape index (κ3) is 4.37. The summed E-state index contributed by atoms with van der Waals surface area (Å²) in [6.07, 6.45) is 5.59. The van der Waals surface area contributed by atoms with Crippen LogP contribution in [0.15, 0.2) is 66.6 Å². The lowest BCUT2D eigenvalue weighted by Crippen LogP contribution is -2.12. The van der Waals surface area contributed by atoms with Gasteiger partial charge in [0.1, 0.15) is 11.4 Å². The average molecular weight is 440 g/mol. The van der Waals surface area contributed by atoms with Crippen LogP contribution < -0.4 is 4.74 Å². The molecule has 6 nitrogen and oxygen atoms in total. The highest BCUT2D eigenvalue weighted by molar-refractivity contribution is 7.98. The van der Waals surface area contributed by atoms with E-state index in [1.165, 1.54) is 0 Å². The van der Waals surface area contributed by atoms with Crippen molar-refractivity contribution in [3.63, 3.8) is 0 Å². The van der Waals surface area contributed by atoms with Crippen molar-refractivity contribution in [1.29, 1.82) is 0 Å². The first kappa shape index (κ1) is 20.5. The Morgan fingerprint density at radius 2 is 2.13 bits per heavy atom. The van der Waals surface area contributed by atoms with E-state index in [1.807, 2.05) is 77.7 Å². The quantitative estimate of drug-likeness (QED) is 0.268. The van der Waals surface area contributed by atoms with Crippen molar-refractivity contribution in [2.24, 2.45) is 0 Å². The third-order valence-corrected chi connectivity index (χ3v) is 6.05. The lowest BCUT2D eigenvalue weighted by molar-refractivity contribution is 0.210. The van der Waals surface area contributed by atoms with E-state index in [4.69, 9.17) is 16.3 Å². The van der Waals surface area contributed by atoms with Gasteiger partial charge >= 0.3 is 0 Å². The monoisotopic (exact) mass is 439 g/mol. The fourth-order valence-corrected chi connectivity index (χ4v) is 4.11. The number of ether oxygens (including phenoxy) is 1. The Labute approximate surface area is 184 Å². The number of allylic oxidation sites excluding steroid dienone is 1. The lowest BCUT2D eigenvalue weighted by atomic mass is 10.2. The predicted molar refractivity (Wildman–Crippen MR) is 120 cm³/mol. The number of aromatic nitrogens is 5. The van der Waals surface area contributed by atoms with Crippen molar-refractivity contribution in [3.05, 3.63) is 83.6 Å². The van der Waals surface area contributed by atoms with Crippen molar-refractivity contribution in [2.75, 3.05) is 0 Å². The Balaban J connectivity index is 1.51. The average Bonchev–Trinajstić information content (AvgIpc) is 3.33. The van der Waals surface area contributed by atoms with Crippen LogP contribution in [0.3, 0.4) is 0 Å². The maximum atomic E-state index is 6.11. The minimum Gasteiger partial charge on any atom is -0.483 e. The van der Waals surface area contributed by atoms with Crippen LogP contribution in [0.2, 0.25) is 5.02 Å². The van der Waals surface area contributed by atoms with Crippen LogP contribution in [-0.4, -0.2) is 24.1 Å². The first-order chi connectivity index (χ1) is 14.5. The fraction of sp³-hybridized carbons (Fsp3) is 0.227. The van der Waals surface area contributed by atoms with Crippen molar-refractivity contribution < 1.29 is 4.74 Å². The first-order valence-electron chi connectivity index (χ1n) is 9.57. The molecule has 0 bridgehead atoms. The van der Waals surface area contributed by atoms with Gasteiger partial charge < -0.3 is 9.14 Å². The number of halogens is 1. The molecule has 154 valence electrons. The zero-order valence-electron chi connectivity index (χ0n) is 16.8. The van der Waals surface area contributed by atoms with Crippen LogP contribution in [0.4, 0.5) is 0 Å². The molecule has 4 rings (SSSR count). The van der Waals surface area contributed by atoms with Gasteiger partial charge in [-0.3, -0.25) is 4.57 Å². The molecule has 3 aromatic heterocycles. The molecule has 4 aromatic rings. The van der Waals surface area contributed by atoms with Crippen LogP contribution in [0.1, 0.15) is 30.1 Å². The number of hydrogen-bond donors (Lipinski definition) is 0. The minimum absolute atomic E-state index is 0.275. The number of aryl methyl sites for hydroxylation is 1. The highest BCUT2D eigenvalue weighted by atomic mass is 35.5. The molecular formula is C22H22ClN5OS. The van der Waals surface area contributed by atoms with E-state index in [0.29, 0.717) is 12.3 Å². The van der Waals surface area contributed by atoms with E-state index in [1.54, 1.807) is 11.8 Å². The van der Waals surface area contributed by atoms with Crippen LogP contribution in [0.25, 0.3) is 5.65 Å². The molecule has 1 aromatic carbocycles. The van der Waals surface area contributed by atoms with Gasteiger partial charge in [-0.2, -0.15) is 0 Å². The molecule has 0 radical (unpaired) electrons. The predicted octanol–water partition coefficient (Wildman–Crippen LogP) is 5.51. The van der Waals surface area contributed by atoms with Gasteiger partial charge in [0.25, 0.3) is 0 Å². The fourth-order valence-electron chi connectivity index (χ4n) is 3.15. The van der Waals surface area contributed by atoms with E-state index in [9.17, 15) is 0 Å². The van der Waals surface area contributed by atoms with Crippen molar-refractivity contribution in [3.8, 4) is 5.75 Å². The number of rotatable bonds is 8. The molecule has 0 aliphatic carbocycles. The largest absolute Gasteiger partial charge is 0.483 e. The zero-order chi connectivity index (χ0) is 21.1. The number of pyridine rings is 1. The Bertz CT molecular complexity index is 1150. The number of hydrogen-bond acceptors (Lipinski definition) is 5. The summed E-state index contributed by atoms with van der Waals surface area (Å²) in [4.78, 5) is 4.65. The van der Waals surface area contributed by atoms with Crippen LogP contribution in [0.5, 0.6) is 5.75 Å². The second kappa shape index (κ2) is 8.93. The molecule has 0 fully saturated rings. The normalized spacial score (nSPS) is 12.2. The highest BCUT2D eigenvalue weighted by Gasteiger charge is 2.19. The SMILES string of the molecule is C=CCn1c(SCc2cn3ccccc3n2)nnc1C(C)Oc1ccc(Cl)c(C)c1. The van der Waals surface area contributed by atoms with E-state index >= 15 is 0 Å². The van der Waals surface area contributed by atoms with Gasteiger partial charge in [-0.05, 0) is 49.7 Å². The topological polar surface area (TPSA) is 57.2 Å². The van der Waals surface area contributed by atoms with Gasteiger partial charge in [0.2, 0.25) is 0 Å². The number of nitrogens with zero attached hydrogens (tertiary/aromatic N) is 5. The first-order valence-corrected chi connectivity index (χ1v) is 10.9. The van der Waals surface area contributed by atoms with Crippen LogP contribution in [0, 0.1) is 6.92 Å². The molecular weight excluding hydrogens is 418 g/mol. The summed E-state index contributed by atoms with van der Waals surface area (Å²) in [6, 6.07) is 11.6. The smallest absolute Gasteiger partial charge is 0.192 e. The van der Waals surface area contributed by atoms with E-state index < -0.39 is 0 Å². The molecule has 0 aliphatic rings.